The molecule has 10 heteroatoms. The molecule has 3 aromatic rings. The number of phenols is 1. The van der Waals surface area contributed by atoms with Crippen LogP contribution in [0.5, 0.6) is 23.0 Å². The first-order valence-corrected chi connectivity index (χ1v) is 9.53. The fourth-order valence-electron chi connectivity index (χ4n) is 3.13. The molecule has 0 saturated heterocycles. The molecule has 2 aromatic carbocycles. The minimum absolute atomic E-state index is 0.0590. The summed E-state index contributed by atoms with van der Waals surface area (Å²) < 4.78 is 21.2. The highest BCUT2D eigenvalue weighted by molar-refractivity contribution is 6.07. The van der Waals surface area contributed by atoms with E-state index in [4.69, 9.17) is 18.6 Å². The molecule has 0 saturated carbocycles. The summed E-state index contributed by atoms with van der Waals surface area (Å²) in [4.78, 5) is 60.9. The molecule has 0 fully saturated rings. The van der Waals surface area contributed by atoms with Crippen LogP contribution in [0.1, 0.15) is 38.1 Å². The summed E-state index contributed by atoms with van der Waals surface area (Å²) in [7, 11) is 0. The number of fused-ring (bicyclic) bond motifs is 1. The maximum absolute atomic E-state index is 13.4. The molecule has 0 unspecified atom stereocenters. The van der Waals surface area contributed by atoms with Crippen LogP contribution in [-0.4, -0.2) is 28.8 Å². The van der Waals surface area contributed by atoms with Crippen molar-refractivity contribution in [2.24, 2.45) is 0 Å². The standard InChI is InChI=1S/C23H18O10/c1-10(24)18-16(30-11(2)25)9-17-19(22(18)31-12(3)26)20(29)23(32-13(4)27)21(33-17)14-5-7-15(28)8-6-14/h5-9,28H,1-4H3. The second-order valence-electron chi connectivity index (χ2n) is 6.93. The van der Waals surface area contributed by atoms with E-state index < -0.39 is 40.6 Å². The Labute approximate surface area is 186 Å². The number of benzene rings is 2. The first kappa shape index (κ1) is 23.2. The fraction of sp³-hybridized carbons (Fsp3) is 0.174. The molecule has 0 bridgehead atoms. The van der Waals surface area contributed by atoms with Gasteiger partial charge < -0.3 is 23.7 Å². The van der Waals surface area contributed by atoms with Crippen molar-refractivity contribution >= 4 is 34.7 Å². The lowest BCUT2D eigenvalue weighted by atomic mass is 10.0. The monoisotopic (exact) mass is 454 g/mol. The van der Waals surface area contributed by atoms with Crippen molar-refractivity contribution in [2.45, 2.75) is 27.7 Å². The molecular weight excluding hydrogens is 436 g/mol. The van der Waals surface area contributed by atoms with E-state index in [1.54, 1.807) is 0 Å². The van der Waals surface area contributed by atoms with Crippen LogP contribution in [0.3, 0.4) is 0 Å². The smallest absolute Gasteiger partial charge is 0.308 e. The van der Waals surface area contributed by atoms with Gasteiger partial charge in [-0.3, -0.25) is 24.0 Å². The van der Waals surface area contributed by atoms with E-state index >= 15 is 0 Å². The van der Waals surface area contributed by atoms with E-state index in [2.05, 4.69) is 0 Å². The number of esters is 3. The largest absolute Gasteiger partial charge is 0.508 e. The van der Waals surface area contributed by atoms with Gasteiger partial charge in [0.05, 0.1) is 0 Å². The molecule has 3 rings (SSSR count). The molecule has 1 heterocycles. The molecule has 33 heavy (non-hydrogen) atoms. The van der Waals surface area contributed by atoms with Crippen molar-refractivity contribution in [2.75, 3.05) is 0 Å². The lowest BCUT2D eigenvalue weighted by Gasteiger charge is -2.16. The van der Waals surface area contributed by atoms with Gasteiger partial charge in [-0.25, -0.2) is 0 Å². The number of rotatable bonds is 5. The first-order valence-electron chi connectivity index (χ1n) is 9.53. The van der Waals surface area contributed by atoms with Crippen LogP contribution in [0.15, 0.2) is 39.5 Å². The predicted molar refractivity (Wildman–Crippen MR) is 114 cm³/mol. The number of ketones is 1. The van der Waals surface area contributed by atoms with Gasteiger partial charge in [0.15, 0.2) is 17.3 Å². The number of phenolic OH excluding ortho intramolecular Hbond substituents is 1. The lowest BCUT2D eigenvalue weighted by Crippen LogP contribution is -2.17. The van der Waals surface area contributed by atoms with Crippen LogP contribution in [0.2, 0.25) is 0 Å². The fourth-order valence-corrected chi connectivity index (χ4v) is 3.13. The second-order valence-corrected chi connectivity index (χ2v) is 6.93. The zero-order valence-corrected chi connectivity index (χ0v) is 18.0. The third kappa shape index (κ3) is 4.74. The zero-order valence-electron chi connectivity index (χ0n) is 18.0. The Hall–Kier alpha value is -4.47. The molecule has 0 amide bonds. The van der Waals surface area contributed by atoms with Crippen molar-refractivity contribution in [3.63, 3.8) is 0 Å². The Kier molecular flexibility index (Phi) is 6.29. The highest BCUT2D eigenvalue weighted by atomic mass is 16.6. The van der Waals surface area contributed by atoms with Gasteiger partial charge in [0.1, 0.15) is 28.0 Å². The Morgan fingerprint density at radius 2 is 1.36 bits per heavy atom. The van der Waals surface area contributed by atoms with Crippen molar-refractivity contribution in [3.05, 3.63) is 46.1 Å². The summed E-state index contributed by atoms with van der Waals surface area (Å²) in [5.41, 5.74) is -1.20. The molecule has 0 aliphatic rings. The van der Waals surface area contributed by atoms with Crippen LogP contribution in [0.25, 0.3) is 22.3 Å². The third-order valence-corrected chi connectivity index (χ3v) is 4.29. The average molecular weight is 454 g/mol. The molecule has 170 valence electrons. The Bertz CT molecular complexity index is 1360. The van der Waals surface area contributed by atoms with Crippen molar-refractivity contribution in [1.29, 1.82) is 0 Å². The molecule has 10 nitrogen and oxygen atoms in total. The van der Waals surface area contributed by atoms with Gasteiger partial charge in [0.25, 0.3) is 0 Å². The van der Waals surface area contributed by atoms with E-state index in [1.165, 1.54) is 24.3 Å². The SMILES string of the molecule is CC(=O)Oc1cc2oc(-c3ccc(O)cc3)c(OC(C)=O)c(=O)c2c(OC(C)=O)c1C(C)=O. The predicted octanol–water partition coefficient (Wildman–Crippen LogP) is 3.14. The van der Waals surface area contributed by atoms with Crippen LogP contribution in [-0.2, 0) is 14.4 Å². The zero-order chi connectivity index (χ0) is 24.4. The topological polar surface area (TPSA) is 146 Å². The summed E-state index contributed by atoms with van der Waals surface area (Å²) in [6.07, 6.45) is 0. The number of hydrogen-bond acceptors (Lipinski definition) is 10. The van der Waals surface area contributed by atoms with Gasteiger partial charge in [-0.1, -0.05) is 0 Å². The highest BCUT2D eigenvalue weighted by Crippen LogP contribution is 2.40. The van der Waals surface area contributed by atoms with Gasteiger partial charge in [-0.2, -0.15) is 0 Å². The lowest BCUT2D eigenvalue weighted by molar-refractivity contribution is -0.133. The number of hydrogen-bond donors (Lipinski definition) is 1. The van der Waals surface area contributed by atoms with Crippen molar-refractivity contribution < 1.29 is 42.9 Å². The summed E-state index contributed by atoms with van der Waals surface area (Å²) >= 11 is 0. The molecule has 0 aliphatic carbocycles. The minimum atomic E-state index is -0.914. The van der Waals surface area contributed by atoms with Gasteiger partial charge in [-0.05, 0) is 31.2 Å². The average Bonchev–Trinajstić information content (AvgIpc) is 2.69. The maximum Gasteiger partial charge on any atom is 0.308 e. The Morgan fingerprint density at radius 3 is 1.88 bits per heavy atom. The van der Waals surface area contributed by atoms with Crippen LogP contribution in [0.4, 0.5) is 0 Å². The molecule has 0 aliphatic heterocycles. The summed E-state index contributed by atoms with van der Waals surface area (Å²) in [5, 5.41) is 9.19. The van der Waals surface area contributed by atoms with Gasteiger partial charge in [0.2, 0.25) is 11.2 Å². The van der Waals surface area contributed by atoms with Gasteiger partial charge in [0, 0.05) is 32.4 Å². The molecule has 0 radical (unpaired) electrons. The van der Waals surface area contributed by atoms with Crippen LogP contribution in [0, 0.1) is 0 Å². The van der Waals surface area contributed by atoms with E-state index in [0.717, 1.165) is 33.8 Å². The minimum Gasteiger partial charge on any atom is -0.508 e. The molecule has 0 atom stereocenters. The van der Waals surface area contributed by atoms with E-state index in [1.807, 2.05) is 0 Å². The summed E-state index contributed by atoms with van der Waals surface area (Å²) in [6, 6.07) is 6.60. The first-order chi connectivity index (χ1) is 15.5. The number of aromatic hydroxyl groups is 1. The van der Waals surface area contributed by atoms with E-state index in [0.29, 0.717) is 0 Å². The number of carbonyl (C=O) groups excluding carboxylic acids is 4. The Morgan fingerprint density at radius 1 is 0.818 bits per heavy atom. The molecule has 1 aromatic heterocycles. The molecule has 0 spiro atoms. The summed E-state index contributed by atoms with van der Waals surface area (Å²) in [5.74, 6) is -4.69. The number of ether oxygens (including phenoxy) is 3. The van der Waals surface area contributed by atoms with Crippen molar-refractivity contribution in [3.8, 4) is 34.3 Å². The van der Waals surface area contributed by atoms with Gasteiger partial charge in [-0.15, -0.1) is 0 Å². The highest BCUT2D eigenvalue weighted by Gasteiger charge is 2.29. The normalized spacial score (nSPS) is 10.5. The van der Waals surface area contributed by atoms with E-state index in [-0.39, 0.29) is 39.4 Å². The third-order valence-electron chi connectivity index (χ3n) is 4.29. The summed E-state index contributed by atoms with van der Waals surface area (Å²) in [6.45, 7) is 4.34. The maximum atomic E-state index is 13.4. The van der Waals surface area contributed by atoms with Crippen LogP contribution >= 0.6 is 0 Å². The van der Waals surface area contributed by atoms with E-state index in [9.17, 15) is 29.1 Å². The quantitative estimate of drug-likeness (QED) is 0.346. The van der Waals surface area contributed by atoms with Gasteiger partial charge >= 0.3 is 17.9 Å². The number of carbonyl (C=O) groups is 4. The molecular formula is C23H18O10. The molecule has 1 N–H and O–H groups in total. The van der Waals surface area contributed by atoms with Crippen molar-refractivity contribution in [1.82, 2.24) is 0 Å². The second kappa shape index (κ2) is 8.95. The number of Topliss-reactive ketones (excluding diaryl/α,β-unsaturated/α-hetero) is 1. The van der Waals surface area contributed by atoms with Crippen LogP contribution < -0.4 is 19.6 Å². The Balaban J connectivity index is 2.52.